The molecule has 1 N–H and O–H groups in total. The Morgan fingerprint density at radius 1 is 1.12 bits per heavy atom. The summed E-state index contributed by atoms with van der Waals surface area (Å²) in [7, 11) is 0. The number of aryl methyl sites for hydroxylation is 1. The van der Waals surface area contributed by atoms with Gasteiger partial charge in [-0.2, -0.15) is 0 Å². The minimum atomic E-state index is -0.920. The number of rotatable bonds is 9. The van der Waals surface area contributed by atoms with Gasteiger partial charge in [0.2, 0.25) is 5.13 Å². The molecular formula is C33H31N3O5S2. The minimum absolute atomic E-state index is 0.00591. The average Bonchev–Trinajstić information content (AvgIpc) is 3.70. The molecule has 10 heteroatoms. The Bertz CT molecular complexity index is 1720. The number of Topliss-reactive ketones (excluding diaryl/α,β-unsaturated/α-hetero) is 1. The molecule has 0 bridgehead atoms. The first-order valence-electron chi connectivity index (χ1n) is 14.2. The molecule has 0 spiro atoms. The zero-order valence-electron chi connectivity index (χ0n) is 24.1. The second-order valence-electron chi connectivity index (χ2n) is 10.7. The number of ether oxygens (including phenoxy) is 2. The van der Waals surface area contributed by atoms with Crippen LogP contribution in [0.1, 0.15) is 54.1 Å². The summed E-state index contributed by atoms with van der Waals surface area (Å²) in [6, 6.07) is 20.0. The fourth-order valence-corrected chi connectivity index (χ4v) is 7.08. The molecule has 1 saturated heterocycles. The maximum Gasteiger partial charge on any atom is 0.301 e. The Hall–Kier alpha value is -4.15. The summed E-state index contributed by atoms with van der Waals surface area (Å²) in [6.07, 6.45) is 1.55. The van der Waals surface area contributed by atoms with Crippen LogP contribution in [0, 0.1) is 6.92 Å². The predicted octanol–water partition coefficient (Wildman–Crippen LogP) is 6.88. The van der Waals surface area contributed by atoms with Gasteiger partial charge >= 0.3 is 5.91 Å². The highest BCUT2D eigenvalue weighted by Crippen LogP contribution is 2.45. The van der Waals surface area contributed by atoms with E-state index in [1.807, 2.05) is 45.0 Å². The molecule has 43 heavy (non-hydrogen) atoms. The van der Waals surface area contributed by atoms with Gasteiger partial charge < -0.3 is 14.6 Å². The summed E-state index contributed by atoms with van der Waals surface area (Å²) in [4.78, 5) is 28.7. The van der Waals surface area contributed by atoms with Gasteiger partial charge in [0.05, 0.1) is 18.2 Å². The van der Waals surface area contributed by atoms with E-state index in [9.17, 15) is 14.7 Å². The normalized spacial score (nSPS) is 19.0. The molecule has 220 valence electrons. The van der Waals surface area contributed by atoms with Crippen LogP contribution in [0.15, 0.2) is 76.6 Å². The lowest BCUT2D eigenvalue weighted by molar-refractivity contribution is -0.132. The first-order valence-corrected chi connectivity index (χ1v) is 16.0. The Morgan fingerprint density at radius 2 is 1.93 bits per heavy atom. The number of ketones is 1. The SMILES string of the molecule is CCCOc1cccc(C2/C(=C(/O)c3ccc4c(c3)CC(C)O4)C(=O)C(=O)N2c2nnc(SCc3ccc(C)cc3)s2)c1. The molecule has 2 aliphatic rings. The summed E-state index contributed by atoms with van der Waals surface area (Å²) in [6.45, 7) is 6.57. The van der Waals surface area contributed by atoms with E-state index >= 15 is 0 Å². The van der Waals surface area contributed by atoms with Crippen LogP contribution in [-0.4, -0.2) is 39.7 Å². The number of thioether (sulfide) groups is 1. The van der Waals surface area contributed by atoms with Crippen molar-refractivity contribution in [1.29, 1.82) is 0 Å². The van der Waals surface area contributed by atoms with E-state index in [1.54, 1.807) is 18.2 Å². The second kappa shape index (κ2) is 12.2. The largest absolute Gasteiger partial charge is 0.507 e. The average molecular weight is 614 g/mol. The van der Waals surface area contributed by atoms with Crippen molar-refractivity contribution in [2.75, 3.05) is 11.5 Å². The molecule has 2 atom stereocenters. The molecule has 2 aliphatic heterocycles. The summed E-state index contributed by atoms with van der Waals surface area (Å²) in [5, 5.41) is 20.6. The molecule has 0 saturated carbocycles. The Kier molecular flexibility index (Phi) is 8.23. The topological polar surface area (TPSA) is 102 Å². The number of aliphatic hydroxyl groups excluding tert-OH is 1. The maximum atomic E-state index is 13.7. The number of benzene rings is 3. The molecule has 0 radical (unpaired) electrons. The van der Waals surface area contributed by atoms with Crippen molar-refractivity contribution in [3.63, 3.8) is 0 Å². The van der Waals surface area contributed by atoms with Gasteiger partial charge in [0, 0.05) is 17.7 Å². The van der Waals surface area contributed by atoms with E-state index in [-0.39, 0.29) is 22.6 Å². The molecule has 4 aromatic rings. The molecule has 6 rings (SSSR count). The summed E-state index contributed by atoms with van der Waals surface area (Å²) >= 11 is 2.76. The van der Waals surface area contributed by atoms with Crippen molar-refractivity contribution in [2.24, 2.45) is 0 Å². The van der Waals surface area contributed by atoms with Crippen LogP contribution in [-0.2, 0) is 21.8 Å². The van der Waals surface area contributed by atoms with Gasteiger partial charge in [-0.3, -0.25) is 14.5 Å². The highest BCUT2D eigenvalue weighted by Gasteiger charge is 2.48. The van der Waals surface area contributed by atoms with E-state index in [4.69, 9.17) is 9.47 Å². The highest BCUT2D eigenvalue weighted by molar-refractivity contribution is 8.00. The smallest absolute Gasteiger partial charge is 0.301 e. The molecule has 3 aromatic carbocycles. The van der Waals surface area contributed by atoms with Crippen molar-refractivity contribution < 1.29 is 24.2 Å². The monoisotopic (exact) mass is 613 g/mol. The second-order valence-corrected chi connectivity index (χ2v) is 12.8. The van der Waals surface area contributed by atoms with Gasteiger partial charge in [-0.1, -0.05) is 72.0 Å². The van der Waals surface area contributed by atoms with E-state index < -0.39 is 17.7 Å². The molecule has 8 nitrogen and oxygen atoms in total. The van der Waals surface area contributed by atoms with Crippen molar-refractivity contribution in [3.05, 3.63) is 100 Å². The molecule has 1 fully saturated rings. The molecule has 2 unspecified atom stereocenters. The maximum absolute atomic E-state index is 13.7. The summed E-state index contributed by atoms with van der Waals surface area (Å²) < 4.78 is 12.4. The van der Waals surface area contributed by atoms with Crippen LogP contribution in [0.25, 0.3) is 5.76 Å². The Morgan fingerprint density at radius 3 is 2.72 bits per heavy atom. The zero-order chi connectivity index (χ0) is 30.1. The van der Waals surface area contributed by atoms with Crippen LogP contribution < -0.4 is 14.4 Å². The lowest BCUT2D eigenvalue weighted by Crippen LogP contribution is -2.29. The first kappa shape index (κ1) is 28.9. The zero-order valence-corrected chi connectivity index (χ0v) is 25.7. The third-order valence-corrected chi connectivity index (χ3v) is 9.47. The van der Waals surface area contributed by atoms with Crippen molar-refractivity contribution in [1.82, 2.24) is 10.2 Å². The number of aliphatic hydroxyl groups is 1. The Balaban J connectivity index is 1.39. The van der Waals surface area contributed by atoms with Gasteiger partial charge in [-0.15, -0.1) is 10.2 Å². The number of nitrogens with zero attached hydrogens (tertiary/aromatic N) is 3. The van der Waals surface area contributed by atoms with Gasteiger partial charge in [-0.25, -0.2) is 0 Å². The first-order chi connectivity index (χ1) is 20.8. The molecule has 0 aliphatic carbocycles. The van der Waals surface area contributed by atoms with Gasteiger partial charge in [0.1, 0.15) is 23.4 Å². The fourth-order valence-electron chi connectivity index (χ4n) is 5.25. The van der Waals surface area contributed by atoms with Crippen molar-refractivity contribution in [3.8, 4) is 11.5 Å². The predicted molar refractivity (Wildman–Crippen MR) is 168 cm³/mol. The number of aromatic nitrogens is 2. The molecule has 1 aromatic heterocycles. The van der Waals surface area contributed by atoms with E-state index in [0.29, 0.717) is 40.0 Å². The quantitative estimate of drug-likeness (QED) is 0.0717. The number of carbonyl (C=O) groups excluding carboxylic acids is 2. The van der Waals surface area contributed by atoms with E-state index in [0.717, 1.165) is 23.3 Å². The number of amides is 1. The summed E-state index contributed by atoms with van der Waals surface area (Å²) in [5.41, 5.74) is 4.34. The molecular weight excluding hydrogens is 583 g/mol. The van der Waals surface area contributed by atoms with Crippen LogP contribution in [0.5, 0.6) is 11.5 Å². The summed E-state index contributed by atoms with van der Waals surface area (Å²) in [5.74, 6) is 0.264. The highest BCUT2D eigenvalue weighted by atomic mass is 32.2. The minimum Gasteiger partial charge on any atom is -0.507 e. The number of carbonyl (C=O) groups is 2. The van der Waals surface area contributed by atoms with Crippen LogP contribution in [0.2, 0.25) is 0 Å². The molecule has 3 heterocycles. The number of hydrogen-bond donors (Lipinski definition) is 1. The van der Waals surface area contributed by atoms with E-state index in [1.165, 1.54) is 33.6 Å². The Labute approximate surface area is 258 Å². The number of anilines is 1. The third-order valence-electron chi connectivity index (χ3n) is 7.35. The molecule has 1 amide bonds. The standard InChI is InChI=1S/C33H31N3O5S2/c1-4-14-40-25-7-5-6-22(17-25)28-27(29(37)23-12-13-26-24(16-23)15-20(3)41-26)30(38)31(39)36(28)32-34-35-33(43-32)42-18-21-10-8-19(2)9-11-21/h5-13,16-17,20,28,37H,4,14-15,18H2,1-3H3/b29-27-. The third kappa shape index (κ3) is 5.89. The van der Waals surface area contributed by atoms with Crippen molar-refractivity contribution in [2.45, 2.75) is 55.9 Å². The van der Waals surface area contributed by atoms with Crippen LogP contribution in [0.3, 0.4) is 0 Å². The lowest BCUT2D eigenvalue weighted by Gasteiger charge is -2.23. The van der Waals surface area contributed by atoms with Crippen LogP contribution in [0.4, 0.5) is 5.13 Å². The van der Waals surface area contributed by atoms with Crippen molar-refractivity contribution >= 4 is 45.7 Å². The lowest BCUT2D eigenvalue weighted by atomic mass is 9.94. The van der Waals surface area contributed by atoms with Gasteiger partial charge in [0.25, 0.3) is 5.78 Å². The van der Waals surface area contributed by atoms with Gasteiger partial charge in [-0.05, 0) is 67.3 Å². The number of hydrogen-bond acceptors (Lipinski definition) is 9. The van der Waals surface area contributed by atoms with Crippen LogP contribution >= 0.6 is 23.1 Å². The number of fused-ring (bicyclic) bond motifs is 1. The van der Waals surface area contributed by atoms with Gasteiger partial charge in [0.15, 0.2) is 4.34 Å². The van der Waals surface area contributed by atoms with E-state index in [2.05, 4.69) is 34.5 Å². The fraction of sp³-hybridized carbons (Fsp3) is 0.273.